The molecule has 2 aromatic rings. The summed E-state index contributed by atoms with van der Waals surface area (Å²) in [4.78, 5) is 24.4. The first-order valence-corrected chi connectivity index (χ1v) is 8.03. The van der Waals surface area contributed by atoms with Crippen LogP contribution in [0.4, 0.5) is 10.1 Å². The van der Waals surface area contributed by atoms with E-state index in [0.717, 1.165) is 0 Å². The second-order valence-corrected chi connectivity index (χ2v) is 6.02. The maximum absolute atomic E-state index is 13.0. The zero-order chi connectivity index (χ0) is 19.3. The van der Waals surface area contributed by atoms with Crippen LogP contribution >= 0.6 is 0 Å². The van der Waals surface area contributed by atoms with Gasteiger partial charge in [-0.2, -0.15) is 0 Å². The molecule has 3 N–H and O–H groups in total. The van der Waals surface area contributed by atoms with Gasteiger partial charge in [0.1, 0.15) is 23.4 Å². The normalized spacial score (nSPS) is 11.7. The fraction of sp³-hybridized carbons (Fsp3) is 0.263. The van der Waals surface area contributed by atoms with Crippen LogP contribution in [0.25, 0.3) is 0 Å². The number of carbonyl (C=O) groups excluding carboxylic acids is 2. The number of rotatable bonds is 6. The molecule has 0 fully saturated rings. The molecule has 0 aliphatic rings. The number of anilines is 1. The summed E-state index contributed by atoms with van der Waals surface area (Å²) in [6, 6.07) is 9.26. The van der Waals surface area contributed by atoms with E-state index in [1.165, 1.54) is 43.5 Å². The number of ether oxygens (including phenoxy) is 2. The summed E-state index contributed by atoms with van der Waals surface area (Å²) in [6.07, 6.45) is 0. The number of nitrogens with one attached hydrogen (secondary N) is 1. The number of carbonyl (C=O) groups is 2. The fourth-order valence-electron chi connectivity index (χ4n) is 2.28. The van der Waals surface area contributed by atoms with Gasteiger partial charge in [-0.25, -0.2) is 9.18 Å². The van der Waals surface area contributed by atoms with Crippen LogP contribution in [0, 0.1) is 11.7 Å². The molecule has 0 unspecified atom stereocenters. The Labute approximate surface area is 151 Å². The zero-order valence-corrected chi connectivity index (χ0v) is 14.8. The highest BCUT2D eigenvalue weighted by molar-refractivity contribution is 6.01. The maximum atomic E-state index is 13.0. The van der Waals surface area contributed by atoms with Crippen molar-refractivity contribution in [3.8, 4) is 11.5 Å². The van der Waals surface area contributed by atoms with Gasteiger partial charge in [-0.15, -0.1) is 0 Å². The van der Waals surface area contributed by atoms with Gasteiger partial charge in [0, 0.05) is 5.69 Å². The van der Waals surface area contributed by atoms with Gasteiger partial charge in [0.15, 0.2) is 0 Å². The third-order valence-electron chi connectivity index (χ3n) is 3.73. The Bertz CT molecular complexity index is 791. The molecule has 6 nitrogen and oxygen atoms in total. The van der Waals surface area contributed by atoms with Crippen LogP contribution in [0.1, 0.15) is 24.2 Å². The summed E-state index contributed by atoms with van der Waals surface area (Å²) in [5, 5.41) is 2.62. The summed E-state index contributed by atoms with van der Waals surface area (Å²) in [6.45, 7) is 3.58. The molecule has 26 heavy (non-hydrogen) atoms. The van der Waals surface area contributed by atoms with Crippen LogP contribution in [-0.2, 0) is 9.53 Å². The minimum Gasteiger partial charge on any atom is -0.467 e. The molecule has 0 saturated heterocycles. The van der Waals surface area contributed by atoms with E-state index in [4.69, 9.17) is 15.2 Å². The lowest BCUT2D eigenvalue weighted by atomic mass is 10.0. The third kappa shape index (κ3) is 4.72. The lowest BCUT2D eigenvalue weighted by molar-refractivity contribution is -0.144. The summed E-state index contributed by atoms with van der Waals surface area (Å²) in [7, 11) is 1.26. The van der Waals surface area contributed by atoms with Gasteiger partial charge < -0.3 is 20.5 Å². The number of hydrogen-bond acceptors (Lipinski definition) is 5. The predicted molar refractivity (Wildman–Crippen MR) is 95.4 cm³/mol. The van der Waals surface area contributed by atoms with Crippen LogP contribution < -0.4 is 15.8 Å². The number of nitrogen functional groups attached to an aromatic ring is 1. The lowest BCUT2D eigenvalue weighted by Gasteiger charge is -2.20. The SMILES string of the molecule is COC(=O)[C@H](NC(=O)c1cc(Oc2ccc(F)cc2)ccc1N)C(C)C. The average Bonchev–Trinajstić information content (AvgIpc) is 2.62. The average molecular weight is 360 g/mol. The van der Waals surface area contributed by atoms with E-state index in [1.807, 2.05) is 0 Å². The Morgan fingerprint density at radius 1 is 1.08 bits per heavy atom. The van der Waals surface area contributed by atoms with E-state index in [0.29, 0.717) is 11.5 Å². The Kier molecular flexibility index (Phi) is 6.16. The van der Waals surface area contributed by atoms with Crippen molar-refractivity contribution in [2.75, 3.05) is 12.8 Å². The third-order valence-corrected chi connectivity index (χ3v) is 3.73. The van der Waals surface area contributed by atoms with Crippen molar-refractivity contribution in [1.82, 2.24) is 5.32 Å². The first-order valence-electron chi connectivity index (χ1n) is 8.03. The quantitative estimate of drug-likeness (QED) is 0.610. The number of halogens is 1. The molecule has 1 amide bonds. The monoisotopic (exact) mass is 360 g/mol. The minimum atomic E-state index is -0.798. The van der Waals surface area contributed by atoms with Gasteiger partial charge in [-0.05, 0) is 48.4 Å². The van der Waals surface area contributed by atoms with Crippen molar-refractivity contribution in [3.05, 3.63) is 53.8 Å². The van der Waals surface area contributed by atoms with E-state index in [-0.39, 0.29) is 23.0 Å². The van der Waals surface area contributed by atoms with Gasteiger partial charge in [-0.3, -0.25) is 4.79 Å². The smallest absolute Gasteiger partial charge is 0.328 e. The highest BCUT2D eigenvalue weighted by atomic mass is 19.1. The Hall–Kier alpha value is -3.09. The van der Waals surface area contributed by atoms with E-state index >= 15 is 0 Å². The topological polar surface area (TPSA) is 90.6 Å². The van der Waals surface area contributed by atoms with Crippen molar-refractivity contribution in [3.63, 3.8) is 0 Å². The molecule has 0 aliphatic carbocycles. The van der Waals surface area contributed by atoms with E-state index in [9.17, 15) is 14.0 Å². The number of benzene rings is 2. The second-order valence-electron chi connectivity index (χ2n) is 6.02. The molecule has 0 saturated carbocycles. The van der Waals surface area contributed by atoms with E-state index in [2.05, 4.69) is 5.32 Å². The molecule has 0 aliphatic heterocycles. The summed E-state index contributed by atoms with van der Waals surface area (Å²) >= 11 is 0. The van der Waals surface area contributed by atoms with Crippen LogP contribution in [-0.4, -0.2) is 25.0 Å². The van der Waals surface area contributed by atoms with Crippen LogP contribution in [0.2, 0.25) is 0 Å². The van der Waals surface area contributed by atoms with Crippen molar-refractivity contribution >= 4 is 17.6 Å². The zero-order valence-electron chi connectivity index (χ0n) is 14.8. The highest BCUT2D eigenvalue weighted by Crippen LogP contribution is 2.25. The minimum absolute atomic E-state index is 0.161. The van der Waals surface area contributed by atoms with Gasteiger partial charge >= 0.3 is 5.97 Å². The van der Waals surface area contributed by atoms with Crippen molar-refractivity contribution in [2.24, 2.45) is 5.92 Å². The second kappa shape index (κ2) is 8.33. The van der Waals surface area contributed by atoms with E-state index in [1.54, 1.807) is 19.9 Å². The predicted octanol–water partition coefficient (Wildman–Crippen LogP) is 3.13. The lowest BCUT2D eigenvalue weighted by Crippen LogP contribution is -2.45. The maximum Gasteiger partial charge on any atom is 0.328 e. The van der Waals surface area contributed by atoms with Crippen molar-refractivity contribution in [2.45, 2.75) is 19.9 Å². The Morgan fingerprint density at radius 3 is 2.27 bits per heavy atom. The number of amides is 1. The molecular formula is C19H21FN2O4. The summed E-state index contributed by atoms with van der Waals surface area (Å²) < 4.78 is 23.3. The first kappa shape index (κ1) is 19.2. The van der Waals surface area contributed by atoms with Crippen LogP contribution in [0.5, 0.6) is 11.5 Å². The summed E-state index contributed by atoms with van der Waals surface area (Å²) in [5.41, 5.74) is 6.29. The molecule has 1 atom stereocenters. The molecular weight excluding hydrogens is 339 g/mol. The number of esters is 1. The standard InChI is InChI=1S/C19H21FN2O4/c1-11(2)17(19(24)25-3)22-18(23)15-10-14(8-9-16(15)21)26-13-6-4-12(20)5-7-13/h4-11,17H,21H2,1-3H3,(H,22,23)/t17-/m1/s1. The van der Waals surface area contributed by atoms with Gasteiger partial charge in [-0.1, -0.05) is 13.8 Å². The first-order chi connectivity index (χ1) is 12.3. The van der Waals surface area contributed by atoms with Gasteiger partial charge in [0.25, 0.3) is 5.91 Å². The molecule has 0 bridgehead atoms. The largest absolute Gasteiger partial charge is 0.467 e. The van der Waals surface area contributed by atoms with Crippen molar-refractivity contribution in [1.29, 1.82) is 0 Å². The molecule has 0 aromatic heterocycles. The Balaban J connectivity index is 2.21. The summed E-state index contributed by atoms with van der Waals surface area (Å²) in [5.74, 6) is -0.822. The highest BCUT2D eigenvalue weighted by Gasteiger charge is 2.26. The van der Waals surface area contributed by atoms with Gasteiger partial charge in [0.05, 0.1) is 12.7 Å². The van der Waals surface area contributed by atoms with E-state index < -0.39 is 17.9 Å². The number of nitrogens with two attached hydrogens (primary N) is 1. The van der Waals surface area contributed by atoms with Crippen LogP contribution in [0.15, 0.2) is 42.5 Å². The molecule has 2 aromatic carbocycles. The van der Waals surface area contributed by atoms with Crippen molar-refractivity contribution < 1.29 is 23.5 Å². The molecule has 0 spiro atoms. The fourth-order valence-corrected chi connectivity index (χ4v) is 2.28. The number of methoxy groups -OCH3 is 1. The molecule has 0 heterocycles. The Morgan fingerprint density at radius 2 is 1.69 bits per heavy atom. The molecule has 0 radical (unpaired) electrons. The van der Waals surface area contributed by atoms with Crippen LogP contribution in [0.3, 0.4) is 0 Å². The van der Waals surface area contributed by atoms with Gasteiger partial charge in [0.2, 0.25) is 0 Å². The molecule has 138 valence electrons. The molecule has 2 rings (SSSR count). The number of hydrogen-bond donors (Lipinski definition) is 2. The molecule has 7 heteroatoms.